The van der Waals surface area contributed by atoms with Gasteiger partial charge in [0, 0.05) is 43.7 Å². The van der Waals surface area contributed by atoms with E-state index in [-0.39, 0.29) is 5.91 Å². The lowest BCUT2D eigenvalue weighted by Crippen LogP contribution is -2.50. The number of amides is 1. The van der Waals surface area contributed by atoms with Crippen LogP contribution in [0.15, 0.2) is 36.5 Å². The molecule has 1 fully saturated rings. The molecular formula is C20H27N3O. The van der Waals surface area contributed by atoms with Crippen molar-refractivity contribution in [2.75, 3.05) is 13.1 Å². The predicted octanol–water partition coefficient (Wildman–Crippen LogP) is 3.36. The Bertz CT molecular complexity index is 700. The summed E-state index contributed by atoms with van der Waals surface area (Å²) in [4.78, 5) is 18.3. The van der Waals surface area contributed by atoms with Crippen molar-refractivity contribution in [3.05, 3.63) is 42.1 Å². The zero-order valence-electron chi connectivity index (χ0n) is 14.7. The van der Waals surface area contributed by atoms with E-state index in [4.69, 9.17) is 0 Å². The van der Waals surface area contributed by atoms with Crippen molar-refractivity contribution in [2.45, 2.75) is 45.7 Å². The van der Waals surface area contributed by atoms with Crippen LogP contribution in [0.1, 0.15) is 38.7 Å². The summed E-state index contributed by atoms with van der Waals surface area (Å²) in [7, 11) is 0. The second-order valence-electron chi connectivity index (χ2n) is 6.67. The molecule has 1 aliphatic heterocycles. The Labute approximate surface area is 144 Å². The SMILES string of the molecule is CCC(=O)N1CCC(NCc2ccc3ncccc3c2)C(CC)C1. The molecule has 1 N–H and O–H groups in total. The van der Waals surface area contributed by atoms with Gasteiger partial charge in [-0.2, -0.15) is 0 Å². The van der Waals surface area contributed by atoms with Crippen LogP contribution in [0, 0.1) is 5.92 Å². The maximum Gasteiger partial charge on any atom is 0.222 e. The summed E-state index contributed by atoms with van der Waals surface area (Å²) in [6, 6.07) is 11.0. The number of carbonyl (C=O) groups excluding carboxylic acids is 1. The van der Waals surface area contributed by atoms with Crippen LogP contribution >= 0.6 is 0 Å². The molecule has 1 amide bonds. The van der Waals surface area contributed by atoms with Crippen molar-refractivity contribution in [3.63, 3.8) is 0 Å². The van der Waals surface area contributed by atoms with Gasteiger partial charge in [0.05, 0.1) is 5.52 Å². The van der Waals surface area contributed by atoms with Gasteiger partial charge < -0.3 is 10.2 Å². The normalized spacial score (nSPS) is 21.2. The Balaban J connectivity index is 1.61. The average molecular weight is 325 g/mol. The fourth-order valence-electron chi connectivity index (χ4n) is 3.65. The molecule has 24 heavy (non-hydrogen) atoms. The molecule has 2 unspecified atom stereocenters. The van der Waals surface area contributed by atoms with Crippen molar-refractivity contribution in [3.8, 4) is 0 Å². The molecule has 2 heterocycles. The lowest BCUT2D eigenvalue weighted by atomic mass is 9.89. The maximum absolute atomic E-state index is 11.9. The number of hydrogen-bond donors (Lipinski definition) is 1. The molecule has 3 rings (SSSR count). The van der Waals surface area contributed by atoms with Crippen LogP contribution in [0.25, 0.3) is 10.9 Å². The van der Waals surface area contributed by atoms with E-state index in [1.807, 2.05) is 24.1 Å². The van der Waals surface area contributed by atoms with Gasteiger partial charge in [-0.15, -0.1) is 0 Å². The third kappa shape index (κ3) is 3.75. The van der Waals surface area contributed by atoms with E-state index in [0.29, 0.717) is 18.4 Å². The monoisotopic (exact) mass is 325 g/mol. The molecule has 4 nitrogen and oxygen atoms in total. The predicted molar refractivity (Wildman–Crippen MR) is 97.6 cm³/mol. The molecule has 0 bridgehead atoms. The highest BCUT2D eigenvalue weighted by atomic mass is 16.2. The fourth-order valence-corrected chi connectivity index (χ4v) is 3.65. The summed E-state index contributed by atoms with van der Waals surface area (Å²) in [6.45, 7) is 6.81. The molecule has 2 atom stereocenters. The number of nitrogens with one attached hydrogen (secondary N) is 1. The van der Waals surface area contributed by atoms with E-state index < -0.39 is 0 Å². The number of nitrogens with zero attached hydrogens (tertiary/aromatic N) is 2. The summed E-state index contributed by atoms with van der Waals surface area (Å²) in [5.41, 5.74) is 2.33. The van der Waals surface area contributed by atoms with Crippen LogP contribution in [0.5, 0.6) is 0 Å². The summed E-state index contributed by atoms with van der Waals surface area (Å²) in [5, 5.41) is 4.91. The molecule has 4 heteroatoms. The molecule has 0 saturated carbocycles. The Morgan fingerprint density at radius 3 is 3.00 bits per heavy atom. The Morgan fingerprint density at radius 1 is 1.33 bits per heavy atom. The van der Waals surface area contributed by atoms with E-state index in [0.717, 1.165) is 38.0 Å². The fraction of sp³-hybridized carbons (Fsp3) is 0.500. The molecule has 0 radical (unpaired) electrons. The largest absolute Gasteiger partial charge is 0.342 e. The minimum absolute atomic E-state index is 0.286. The van der Waals surface area contributed by atoms with Crippen molar-refractivity contribution >= 4 is 16.8 Å². The second kappa shape index (κ2) is 7.75. The van der Waals surface area contributed by atoms with Crippen LogP contribution in [0.3, 0.4) is 0 Å². The first-order chi connectivity index (χ1) is 11.7. The lowest BCUT2D eigenvalue weighted by molar-refractivity contribution is -0.133. The molecular weight excluding hydrogens is 298 g/mol. The topological polar surface area (TPSA) is 45.2 Å². The van der Waals surface area contributed by atoms with E-state index in [9.17, 15) is 4.79 Å². The summed E-state index contributed by atoms with van der Waals surface area (Å²) in [5.74, 6) is 0.824. The van der Waals surface area contributed by atoms with E-state index in [1.54, 1.807) is 0 Å². The number of aromatic nitrogens is 1. The van der Waals surface area contributed by atoms with Crippen LogP contribution in [0.2, 0.25) is 0 Å². The number of carbonyl (C=O) groups is 1. The molecule has 0 spiro atoms. The summed E-state index contributed by atoms with van der Waals surface area (Å²) < 4.78 is 0. The molecule has 0 aliphatic carbocycles. The Kier molecular flexibility index (Phi) is 5.46. The van der Waals surface area contributed by atoms with Gasteiger partial charge in [-0.25, -0.2) is 0 Å². The molecule has 128 valence electrons. The third-order valence-electron chi connectivity index (χ3n) is 5.15. The molecule has 1 aliphatic rings. The Morgan fingerprint density at radius 2 is 2.21 bits per heavy atom. The zero-order valence-corrected chi connectivity index (χ0v) is 14.7. The van der Waals surface area contributed by atoms with E-state index in [1.165, 1.54) is 10.9 Å². The van der Waals surface area contributed by atoms with Crippen LogP contribution in [-0.2, 0) is 11.3 Å². The minimum Gasteiger partial charge on any atom is -0.342 e. The Hall–Kier alpha value is -1.94. The standard InChI is InChI=1S/C20H27N3O/c1-3-16-14-23(20(24)4-2)11-9-19(16)22-13-15-7-8-18-17(12-15)6-5-10-21-18/h5-8,10,12,16,19,22H,3-4,9,11,13-14H2,1-2H3. The van der Waals surface area contributed by atoms with Gasteiger partial charge in [0.2, 0.25) is 5.91 Å². The number of hydrogen-bond acceptors (Lipinski definition) is 3. The van der Waals surface area contributed by atoms with Gasteiger partial charge in [-0.05, 0) is 36.1 Å². The zero-order chi connectivity index (χ0) is 16.9. The number of fused-ring (bicyclic) bond motifs is 1. The molecule has 1 aromatic carbocycles. The number of piperidine rings is 1. The quantitative estimate of drug-likeness (QED) is 0.917. The number of likely N-dealkylation sites (tertiary alicyclic amines) is 1. The van der Waals surface area contributed by atoms with Crippen molar-refractivity contribution in [2.24, 2.45) is 5.92 Å². The first-order valence-corrected chi connectivity index (χ1v) is 9.06. The van der Waals surface area contributed by atoms with Gasteiger partial charge in [-0.1, -0.05) is 32.4 Å². The summed E-state index contributed by atoms with van der Waals surface area (Å²) in [6.07, 6.45) is 4.59. The van der Waals surface area contributed by atoms with Crippen LogP contribution in [-0.4, -0.2) is 34.9 Å². The van der Waals surface area contributed by atoms with Crippen LogP contribution in [0.4, 0.5) is 0 Å². The number of rotatable bonds is 5. The highest BCUT2D eigenvalue weighted by molar-refractivity contribution is 5.78. The van der Waals surface area contributed by atoms with Crippen molar-refractivity contribution in [1.29, 1.82) is 0 Å². The smallest absolute Gasteiger partial charge is 0.222 e. The van der Waals surface area contributed by atoms with Gasteiger partial charge in [0.15, 0.2) is 0 Å². The highest BCUT2D eigenvalue weighted by Gasteiger charge is 2.29. The number of pyridine rings is 1. The van der Waals surface area contributed by atoms with Gasteiger partial charge in [-0.3, -0.25) is 9.78 Å². The van der Waals surface area contributed by atoms with E-state index in [2.05, 4.69) is 41.5 Å². The van der Waals surface area contributed by atoms with Crippen molar-refractivity contribution < 1.29 is 4.79 Å². The van der Waals surface area contributed by atoms with Crippen LogP contribution < -0.4 is 5.32 Å². The second-order valence-corrected chi connectivity index (χ2v) is 6.67. The molecule has 1 saturated heterocycles. The molecule has 2 aromatic rings. The summed E-state index contributed by atoms with van der Waals surface area (Å²) >= 11 is 0. The lowest BCUT2D eigenvalue weighted by Gasteiger charge is -2.38. The first-order valence-electron chi connectivity index (χ1n) is 9.06. The van der Waals surface area contributed by atoms with Gasteiger partial charge in [0.25, 0.3) is 0 Å². The van der Waals surface area contributed by atoms with E-state index >= 15 is 0 Å². The van der Waals surface area contributed by atoms with Gasteiger partial charge in [0.1, 0.15) is 0 Å². The number of benzene rings is 1. The third-order valence-corrected chi connectivity index (χ3v) is 5.15. The van der Waals surface area contributed by atoms with Crippen molar-refractivity contribution in [1.82, 2.24) is 15.2 Å². The minimum atomic E-state index is 0.286. The average Bonchev–Trinajstić information content (AvgIpc) is 2.65. The van der Waals surface area contributed by atoms with Gasteiger partial charge >= 0.3 is 0 Å². The highest BCUT2D eigenvalue weighted by Crippen LogP contribution is 2.22. The first kappa shape index (κ1) is 16.9. The molecule has 1 aromatic heterocycles. The maximum atomic E-state index is 11.9.